The normalized spacial score (nSPS) is 11.7. The minimum absolute atomic E-state index is 0.0402. The molecular formula is C16H13F6N5. The van der Waals surface area contributed by atoms with Gasteiger partial charge in [0.2, 0.25) is 5.95 Å². The van der Waals surface area contributed by atoms with Crippen LogP contribution in [-0.2, 0) is 6.18 Å². The number of nitriles is 1. The highest BCUT2D eigenvalue weighted by molar-refractivity contribution is 5.55. The minimum atomic E-state index is -4.86. The average molecular weight is 389 g/mol. The molecule has 1 aromatic heterocycles. The number of hydrogen-bond donors (Lipinski definition) is 1. The summed E-state index contributed by atoms with van der Waals surface area (Å²) in [5.41, 5.74) is -2.24. The summed E-state index contributed by atoms with van der Waals surface area (Å²) in [4.78, 5) is 8.43. The molecule has 11 heteroatoms. The lowest BCUT2D eigenvalue weighted by atomic mass is 10.1. The molecule has 0 radical (unpaired) electrons. The zero-order valence-corrected chi connectivity index (χ0v) is 13.6. The van der Waals surface area contributed by atoms with Crippen LogP contribution in [0.2, 0.25) is 0 Å². The second kappa shape index (κ2) is 8.11. The van der Waals surface area contributed by atoms with E-state index in [1.54, 1.807) is 6.07 Å². The van der Waals surface area contributed by atoms with E-state index in [1.165, 1.54) is 18.5 Å². The number of alkyl halides is 6. The minimum Gasteiger partial charge on any atom is -0.361 e. The Morgan fingerprint density at radius 2 is 1.74 bits per heavy atom. The van der Waals surface area contributed by atoms with Gasteiger partial charge in [0.15, 0.2) is 0 Å². The van der Waals surface area contributed by atoms with Crippen molar-refractivity contribution >= 4 is 11.6 Å². The Hall–Kier alpha value is -3.03. The van der Waals surface area contributed by atoms with Crippen LogP contribution in [0.15, 0.2) is 36.7 Å². The summed E-state index contributed by atoms with van der Waals surface area (Å²) in [7, 11) is 0. The van der Waals surface area contributed by atoms with E-state index in [4.69, 9.17) is 5.26 Å². The number of aromatic nitrogens is 2. The van der Waals surface area contributed by atoms with Gasteiger partial charge in [0.1, 0.15) is 6.54 Å². The fraction of sp³-hybridized carbons (Fsp3) is 0.312. The van der Waals surface area contributed by atoms with Crippen LogP contribution in [0.1, 0.15) is 11.1 Å². The second-order valence-electron chi connectivity index (χ2n) is 5.38. The summed E-state index contributed by atoms with van der Waals surface area (Å²) in [6, 6.07) is 5.40. The highest BCUT2D eigenvalue weighted by Crippen LogP contribution is 2.35. The van der Waals surface area contributed by atoms with Crippen molar-refractivity contribution in [2.45, 2.75) is 12.4 Å². The summed E-state index contributed by atoms with van der Waals surface area (Å²) < 4.78 is 77.8. The summed E-state index contributed by atoms with van der Waals surface area (Å²) >= 11 is 0. The Balaban J connectivity index is 2.24. The quantitative estimate of drug-likeness (QED) is 0.761. The van der Waals surface area contributed by atoms with E-state index in [-0.39, 0.29) is 24.7 Å². The number of halogens is 6. The lowest BCUT2D eigenvalue weighted by molar-refractivity contribution is -0.137. The van der Waals surface area contributed by atoms with E-state index in [2.05, 4.69) is 15.3 Å². The van der Waals surface area contributed by atoms with Gasteiger partial charge in [-0.3, -0.25) is 0 Å². The Bertz CT molecular complexity index is 798. The molecule has 0 aliphatic carbocycles. The van der Waals surface area contributed by atoms with Crippen LogP contribution in [0.5, 0.6) is 0 Å². The highest BCUT2D eigenvalue weighted by Gasteiger charge is 2.35. The molecule has 144 valence electrons. The largest absolute Gasteiger partial charge is 0.417 e. The number of nitrogens with zero attached hydrogens (tertiary/aromatic N) is 4. The molecule has 1 N–H and O–H groups in total. The van der Waals surface area contributed by atoms with E-state index < -0.39 is 30.0 Å². The molecule has 0 saturated carbocycles. The zero-order chi connectivity index (χ0) is 20.1. The van der Waals surface area contributed by atoms with Crippen molar-refractivity contribution in [2.75, 3.05) is 29.9 Å². The highest BCUT2D eigenvalue weighted by atomic mass is 19.4. The Kier molecular flexibility index (Phi) is 6.09. The third-order valence-electron chi connectivity index (χ3n) is 3.39. The fourth-order valence-corrected chi connectivity index (χ4v) is 2.27. The van der Waals surface area contributed by atoms with Gasteiger partial charge >= 0.3 is 12.4 Å². The fourth-order valence-electron chi connectivity index (χ4n) is 2.27. The Morgan fingerprint density at radius 3 is 2.30 bits per heavy atom. The van der Waals surface area contributed by atoms with Crippen molar-refractivity contribution in [1.29, 1.82) is 5.26 Å². The molecule has 0 amide bonds. The van der Waals surface area contributed by atoms with Crippen molar-refractivity contribution in [3.05, 3.63) is 47.8 Å². The number of rotatable bonds is 6. The summed E-state index contributed by atoms with van der Waals surface area (Å²) in [6.45, 7) is -1.75. The molecule has 0 saturated heterocycles. The van der Waals surface area contributed by atoms with Crippen molar-refractivity contribution in [3.8, 4) is 6.07 Å². The van der Waals surface area contributed by atoms with Crippen LogP contribution in [0, 0.1) is 11.3 Å². The third kappa shape index (κ3) is 6.02. The standard InChI is InChI=1S/C16H13F6N5/c17-15(18,19)10-27(7-6-26-14-24-4-1-5-25-14)12-3-2-11(9-23)13(8-12)16(20,21)22/h1-5,8H,6-7,10H2,(H,24,25,26). The van der Waals surface area contributed by atoms with Gasteiger partial charge < -0.3 is 10.2 Å². The van der Waals surface area contributed by atoms with E-state index in [0.29, 0.717) is 6.07 Å². The van der Waals surface area contributed by atoms with E-state index in [9.17, 15) is 26.3 Å². The van der Waals surface area contributed by atoms with Gasteiger partial charge in [-0.2, -0.15) is 31.6 Å². The third-order valence-corrected chi connectivity index (χ3v) is 3.39. The van der Waals surface area contributed by atoms with Gasteiger partial charge in [-0.1, -0.05) is 0 Å². The molecule has 0 bridgehead atoms. The molecular weight excluding hydrogens is 376 g/mol. The summed E-state index contributed by atoms with van der Waals surface area (Å²) in [5, 5.41) is 11.5. The molecule has 1 aromatic carbocycles. The van der Waals surface area contributed by atoms with Gasteiger partial charge in [0.05, 0.1) is 17.2 Å². The predicted octanol–water partition coefficient (Wildman–Crippen LogP) is 3.85. The van der Waals surface area contributed by atoms with Gasteiger partial charge in [-0.25, -0.2) is 9.97 Å². The molecule has 0 spiro atoms. The van der Waals surface area contributed by atoms with Gasteiger partial charge in [-0.05, 0) is 24.3 Å². The molecule has 0 aliphatic heterocycles. The van der Waals surface area contributed by atoms with Gasteiger partial charge in [-0.15, -0.1) is 0 Å². The maximum absolute atomic E-state index is 13.1. The maximum atomic E-state index is 13.1. The lowest BCUT2D eigenvalue weighted by Crippen LogP contribution is -2.37. The Labute approximate surface area is 150 Å². The molecule has 2 aromatic rings. The summed E-state index contributed by atoms with van der Waals surface area (Å²) in [5.74, 6) is 0.181. The Morgan fingerprint density at radius 1 is 1.07 bits per heavy atom. The molecule has 0 unspecified atom stereocenters. The molecule has 0 fully saturated rings. The first-order chi connectivity index (χ1) is 12.6. The first-order valence-corrected chi connectivity index (χ1v) is 7.54. The van der Waals surface area contributed by atoms with Crippen molar-refractivity contribution in [2.24, 2.45) is 0 Å². The van der Waals surface area contributed by atoms with E-state index >= 15 is 0 Å². The van der Waals surface area contributed by atoms with Crippen LogP contribution in [0.3, 0.4) is 0 Å². The van der Waals surface area contributed by atoms with Crippen molar-refractivity contribution in [1.82, 2.24) is 9.97 Å². The van der Waals surface area contributed by atoms with Crippen LogP contribution in [0.4, 0.5) is 38.0 Å². The molecule has 0 atom stereocenters. The van der Waals surface area contributed by atoms with E-state index in [1.807, 2.05) is 0 Å². The lowest BCUT2D eigenvalue weighted by Gasteiger charge is -2.27. The zero-order valence-electron chi connectivity index (χ0n) is 13.6. The van der Waals surface area contributed by atoms with Crippen LogP contribution >= 0.6 is 0 Å². The monoisotopic (exact) mass is 389 g/mol. The number of nitrogens with one attached hydrogen (secondary N) is 1. The number of hydrogen-bond acceptors (Lipinski definition) is 5. The van der Waals surface area contributed by atoms with Crippen LogP contribution in [-0.4, -0.2) is 35.8 Å². The smallest absolute Gasteiger partial charge is 0.361 e. The predicted molar refractivity (Wildman–Crippen MR) is 84.9 cm³/mol. The van der Waals surface area contributed by atoms with Crippen LogP contribution < -0.4 is 10.2 Å². The van der Waals surface area contributed by atoms with Gasteiger partial charge in [0, 0.05) is 31.2 Å². The van der Waals surface area contributed by atoms with Gasteiger partial charge in [0.25, 0.3) is 0 Å². The van der Waals surface area contributed by atoms with E-state index in [0.717, 1.165) is 17.0 Å². The first kappa shape index (κ1) is 20.3. The molecule has 0 aliphatic rings. The topological polar surface area (TPSA) is 64.8 Å². The maximum Gasteiger partial charge on any atom is 0.417 e. The average Bonchev–Trinajstić information content (AvgIpc) is 2.59. The molecule has 27 heavy (non-hydrogen) atoms. The van der Waals surface area contributed by atoms with Crippen LogP contribution in [0.25, 0.3) is 0 Å². The van der Waals surface area contributed by atoms with Crippen molar-refractivity contribution in [3.63, 3.8) is 0 Å². The first-order valence-electron chi connectivity index (χ1n) is 7.54. The molecule has 1 heterocycles. The molecule has 2 rings (SSSR count). The SMILES string of the molecule is N#Cc1ccc(N(CCNc2ncccn2)CC(F)(F)F)cc1C(F)(F)F. The van der Waals surface area contributed by atoms with Crippen molar-refractivity contribution < 1.29 is 26.3 Å². The summed E-state index contributed by atoms with van der Waals surface area (Å²) in [6.07, 6.45) is -6.63. The number of benzene rings is 1. The second-order valence-corrected chi connectivity index (χ2v) is 5.38. The number of anilines is 2. The molecule has 5 nitrogen and oxygen atoms in total.